The van der Waals surface area contributed by atoms with E-state index in [9.17, 15) is 0 Å². The number of likely N-dealkylation sites (N-methyl/N-ethyl adjacent to an activating group) is 1. The van der Waals surface area contributed by atoms with Gasteiger partial charge in [0, 0.05) is 13.2 Å². The average molecular weight is 474 g/mol. The maximum Gasteiger partial charge on any atom is 0.0813 e. The van der Waals surface area contributed by atoms with Crippen LogP contribution in [0.25, 0.3) is 0 Å². The van der Waals surface area contributed by atoms with Crippen molar-refractivity contribution in [3.05, 3.63) is 11.6 Å². The van der Waals surface area contributed by atoms with Gasteiger partial charge in [-0.1, -0.05) is 25.5 Å². The second-order valence-electron chi connectivity index (χ2n) is 13.2. The van der Waals surface area contributed by atoms with Crippen molar-refractivity contribution in [1.82, 2.24) is 4.90 Å². The standard InChI is InChI=1S/C30H51NO3/c1-21(33-18-16-31(4)5)26-10-11-27-25-9-8-22-19-23(34-24-7-6-17-32-20-24)12-14-29(22,2)28(25)13-15-30(26,27)3/h8,21,23-28H,6-7,9-20H2,1-5H3/t21-,23-,24?,25-,26+,27-,28-,29-,30+/m0/s1. The second-order valence-corrected chi connectivity index (χ2v) is 13.2. The van der Waals surface area contributed by atoms with Crippen molar-refractivity contribution in [2.75, 3.05) is 40.5 Å². The summed E-state index contributed by atoms with van der Waals surface area (Å²) in [4.78, 5) is 2.23. The summed E-state index contributed by atoms with van der Waals surface area (Å²) in [5.74, 6) is 3.34. The Hall–Kier alpha value is -0.420. The summed E-state index contributed by atoms with van der Waals surface area (Å²) >= 11 is 0. The first-order valence-electron chi connectivity index (χ1n) is 14.5. The first kappa shape index (κ1) is 25.2. The Labute approximate surface area is 209 Å². The molecule has 194 valence electrons. The molecule has 5 rings (SSSR count). The molecule has 5 aliphatic rings. The third kappa shape index (κ3) is 4.66. The van der Waals surface area contributed by atoms with Crippen LogP contribution in [0, 0.1) is 34.5 Å². The number of allylic oxidation sites excluding steroid dienone is 1. The molecule has 1 saturated heterocycles. The number of nitrogens with zero attached hydrogens (tertiary/aromatic N) is 1. The molecule has 0 aromatic heterocycles. The Morgan fingerprint density at radius 1 is 1.06 bits per heavy atom. The van der Waals surface area contributed by atoms with Crippen LogP contribution in [0.5, 0.6) is 0 Å². The number of fused-ring (bicyclic) bond motifs is 5. The lowest BCUT2D eigenvalue weighted by Crippen LogP contribution is -2.51. The summed E-state index contributed by atoms with van der Waals surface area (Å²) in [5.41, 5.74) is 2.60. The van der Waals surface area contributed by atoms with Crippen molar-refractivity contribution >= 4 is 0 Å². The van der Waals surface area contributed by atoms with Crippen LogP contribution in [-0.4, -0.2) is 63.7 Å². The molecule has 4 fully saturated rings. The predicted molar refractivity (Wildman–Crippen MR) is 138 cm³/mol. The summed E-state index contributed by atoms with van der Waals surface area (Å²) in [5, 5.41) is 0. The van der Waals surface area contributed by atoms with E-state index < -0.39 is 0 Å². The molecular formula is C30H51NO3. The largest absolute Gasteiger partial charge is 0.379 e. The molecule has 9 atom stereocenters. The highest BCUT2D eigenvalue weighted by atomic mass is 16.5. The van der Waals surface area contributed by atoms with Crippen LogP contribution in [0.2, 0.25) is 0 Å². The van der Waals surface area contributed by atoms with Crippen LogP contribution in [0.4, 0.5) is 0 Å². The van der Waals surface area contributed by atoms with Crippen molar-refractivity contribution in [2.45, 2.75) is 103 Å². The molecule has 4 heteroatoms. The highest BCUT2D eigenvalue weighted by Gasteiger charge is 2.59. The Balaban J connectivity index is 1.24. The zero-order valence-electron chi connectivity index (χ0n) is 22.7. The molecule has 4 nitrogen and oxygen atoms in total. The van der Waals surface area contributed by atoms with Gasteiger partial charge in [-0.2, -0.15) is 0 Å². The maximum absolute atomic E-state index is 6.55. The zero-order chi connectivity index (χ0) is 23.9. The minimum Gasteiger partial charge on any atom is -0.379 e. The summed E-state index contributed by atoms with van der Waals surface area (Å²) in [7, 11) is 4.27. The summed E-state index contributed by atoms with van der Waals surface area (Å²) in [6.45, 7) is 11.2. The van der Waals surface area contributed by atoms with Gasteiger partial charge in [-0.15, -0.1) is 0 Å². The van der Waals surface area contributed by atoms with Gasteiger partial charge in [-0.3, -0.25) is 0 Å². The third-order valence-electron chi connectivity index (χ3n) is 11.1. The molecule has 0 N–H and O–H groups in total. The van der Waals surface area contributed by atoms with Crippen LogP contribution < -0.4 is 0 Å². The molecule has 1 aliphatic heterocycles. The smallest absolute Gasteiger partial charge is 0.0813 e. The van der Waals surface area contributed by atoms with Crippen LogP contribution in [0.15, 0.2) is 11.6 Å². The fourth-order valence-electron chi connectivity index (χ4n) is 9.18. The van der Waals surface area contributed by atoms with Crippen LogP contribution in [0.1, 0.15) is 85.0 Å². The minimum atomic E-state index is 0.327. The molecule has 0 spiro atoms. The maximum atomic E-state index is 6.55. The van der Waals surface area contributed by atoms with Crippen LogP contribution in [0.3, 0.4) is 0 Å². The number of hydrogen-bond donors (Lipinski definition) is 0. The van der Waals surface area contributed by atoms with E-state index in [-0.39, 0.29) is 0 Å². The van der Waals surface area contributed by atoms with E-state index >= 15 is 0 Å². The first-order chi connectivity index (χ1) is 16.3. The quantitative estimate of drug-likeness (QED) is 0.418. The van der Waals surface area contributed by atoms with E-state index in [2.05, 4.69) is 45.8 Å². The SMILES string of the molecule is C[C@H](OCCN(C)C)[C@H]1CC[C@H]2[C@@H]3CC=C4C[C@@H](OC5CCCOC5)CC[C@]4(C)[C@H]3CC[C@]12C. The van der Waals surface area contributed by atoms with Gasteiger partial charge in [-0.05, 0) is 120 Å². The Morgan fingerprint density at radius 3 is 2.68 bits per heavy atom. The van der Waals surface area contributed by atoms with Crippen molar-refractivity contribution in [1.29, 1.82) is 0 Å². The lowest BCUT2D eigenvalue weighted by atomic mass is 9.47. The molecule has 3 saturated carbocycles. The van der Waals surface area contributed by atoms with E-state index in [1.807, 2.05) is 0 Å². The van der Waals surface area contributed by atoms with Gasteiger partial charge in [0.2, 0.25) is 0 Å². The summed E-state index contributed by atoms with van der Waals surface area (Å²) in [6.07, 6.45) is 16.7. The molecule has 1 unspecified atom stereocenters. The van der Waals surface area contributed by atoms with Gasteiger partial charge in [0.25, 0.3) is 0 Å². The summed E-state index contributed by atoms with van der Waals surface area (Å²) < 4.78 is 18.6. The Kier molecular flexibility index (Phi) is 7.53. The van der Waals surface area contributed by atoms with Crippen molar-refractivity contribution < 1.29 is 14.2 Å². The molecule has 34 heavy (non-hydrogen) atoms. The third-order valence-corrected chi connectivity index (χ3v) is 11.1. The van der Waals surface area contributed by atoms with E-state index in [1.165, 1.54) is 51.4 Å². The van der Waals surface area contributed by atoms with Gasteiger partial charge >= 0.3 is 0 Å². The lowest BCUT2D eigenvalue weighted by Gasteiger charge is -2.58. The van der Waals surface area contributed by atoms with Gasteiger partial charge < -0.3 is 19.1 Å². The van der Waals surface area contributed by atoms with E-state index in [4.69, 9.17) is 14.2 Å². The minimum absolute atomic E-state index is 0.327. The summed E-state index contributed by atoms with van der Waals surface area (Å²) in [6, 6.07) is 0. The van der Waals surface area contributed by atoms with E-state index in [0.29, 0.717) is 29.1 Å². The lowest BCUT2D eigenvalue weighted by molar-refractivity contribution is -0.108. The van der Waals surface area contributed by atoms with E-state index in [0.717, 1.165) is 62.9 Å². The average Bonchev–Trinajstić information content (AvgIpc) is 3.17. The van der Waals surface area contributed by atoms with Crippen molar-refractivity contribution in [2.24, 2.45) is 34.5 Å². The fraction of sp³-hybridized carbons (Fsp3) is 0.933. The predicted octanol–water partition coefficient (Wildman–Crippen LogP) is 6.10. The molecular weight excluding hydrogens is 422 g/mol. The normalized spacial score (nSPS) is 45.3. The topological polar surface area (TPSA) is 30.9 Å². The molecule has 0 bridgehead atoms. The number of hydrogen-bond acceptors (Lipinski definition) is 4. The molecule has 0 radical (unpaired) electrons. The number of ether oxygens (including phenoxy) is 3. The monoisotopic (exact) mass is 473 g/mol. The number of rotatable bonds is 7. The molecule has 1 heterocycles. The second kappa shape index (κ2) is 10.1. The van der Waals surface area contributed by atoms with Gasteiger partial charge in [0.05, 0.1) is 31.5 Å². The zero-order valence-corrected chi connectivity index (χ0v) is 22.7. The van der Waals surface area contributed by atoms with E-state index in [1.54, 1.807) is 5.57 Å². The van der Waals surface area contributed by atoms with Gasteiger partial charge in [0.15, 0.2) is 0 Å². The highest BCUT2D eigenvalue weighted by molar-refractivity contribution is 5.25. The highest BCUT2D eigenvalue weighted by Crippen LogP contribution is 2.66. The first-order valence-corrected chi connectivity index (χ1v) is 14.5. The Morgan fingerprint density at radius 2 is 1.91 bits per heavy atom. The Bertz CT molecular complexity index is 731. The molecule has 4 aliphatic carbocycles. The van der Waals surface area contributed by atoms with Crippen molar-refractivity contribution in [3.8, 4) is 0 Å². The van der Waals surface area contributed by atoms with Crippen LogP contribution >= 0.6 is 0 Å². The molecule has 0 amide bonds. The van der Waals surface area contributed by atoms with Crippen LogP contribution in [-0.2, 0) is 14.2 Å². The van der Waals surface area contributed by atoms with Crippen molar-refractivity contribution in [3.63, 3.8) is 0 Å². The fourth-order valence-corrected chi connectivity index (χ4v) is 9.18. The van der Waals surface area contributed by atoms with Gasteiger partial charge in [0.1, 0.15) is 0 Å². The molecule has 0 aromatic rings. The van der Waals surface area contributed by atoms with Gasteiger partial charge in [-0.25, -0.2) is 0 Å². The molecule has 0 aromatic carbocycles.